The fraction of sp³-hybridized carbons (Fsp3) is 0.412. The molecule has 25 heavy (non-hydrogen) atoms. The summed E-state index contributed by atoms with van der Waals surface area (Å²) in [5, 5.41) is 10.3. The van der Waals surface area contributed by atoms with Crippen LogP contribution < -0.4 is 10.6 Å². The van der Waals surface area contributed by atoms with Gasteiger partial charge in [0, 0.05) is 32.3 Å². The van der Waals surface area contributed by atoms with Gasteiger partial charge < -0.3 is 10.6 Å². The summed E-state index contributed by atoms with van der Waals surface area (Å²) in [7, 11) is 1.84. The first-order valence-corrected chi connectivity index (χ1v) is 7.90. The molecule has 1 unspecified atom stereocenters. The number of hydrogen-bond donors (Lipinski definition) is 2. The van der Waals surface area contributed by atoms with Crippen LogP contribution in [0, 0.1) is 17.6 Å². The van der Waals surface area contributed by atoms with Gasteiger partial charge in [0.15, 0.2) is 11.6 Å². The van der Waals surface area contributed by atoms with Crippen LogP contribution >= 0.6 is 12.4 Å². The molecular formula is C17H21ClF2N4O. The lowest BCUT2D eigenvalue weighted by atomic mass is 9.90. The number of hydrogen-bond acceptors (Lipinski definition) is 3. The Bertz CT molecular complexity index is 752. The molecular weight excluding hydrogens is 350 g/mol. The Labute approximate surface area is 151 Å². The van der Waals surface area contributed by atoms with Crippen molar-refractivity contribution in [2.75, 3.05) is 13.1 Å². The Morgan fingerprint density at radius 3 is 2.76 bits per heavy atom. The zero-order valence-corrected chi connectivity index (χ0v) is 14.8. The molecule has 0 bridgehead atoms. The summed E-state index contributed by atoms with van der Waals surface area (Å²) >= 11 is 0. The molecule has 8 heteroatoms. The molecule has 1 amide bonds. The summed E-state index contributed by atoms with van der Waals surface area (Å²) < 4.78 is 28.1. The van der Waals surface area contributed by atoms with Crippen LogP contribution in [0.15, 0.2) is 30.6 Å². The standard InChI is InChI=1S/C17H20F2N4O.ClH/c1-10(11-3-4-15(18)16(19)5-11)22-17(24)14-8-20-7-13(14)12-6-21-23(2)9-12;/h3-6,9-10,13-14,20H,7-8H2,1-2H3,(H,22,24);1H/t10?,13-,14+;/m1./s1. The number of nitrogens with zero attached hydrogens (tertiary/aromatic N) is 2. The zero-order chi connectivity index (χ0) is 17.3. The number of nitrogens with one attached hydrogen (secondary N) is 2. The Morgan fingerprint density at radius 1 is 1.36 bits per heavy atom. The summed E-state index contributed by atoms with van der Waals surface area (Å²) in [6, 6.07) is 3.27. The Kier molecular flexibility index (Phi) is 6.13. The van der Waals surface area contributed by atoms with Crippen LogP contribution in [0.3, 0.4) is 0 Å². The molecule has 0 radical (unpaired) electrons. The van der Waals surface area contributed by atoms with Crippen LogP contribution in [0.25, 0.3) is 0 Å². The van der Waals surface area contributed by atoms with Crippen LogP contribution in [-0.4, -0.2) is 28.8 Å². The van der Waals surface area contributed by atoms with Crippen LogP contribution in [0.5, 0.6) is 0 Å². The lowest BCUT2D eigenvalue weighted by Crippen LogP contribution is -2.36. The molecule has 1 fully saturated rings. The number of halogens is 3. The highest BCUT2D eigenvalue weighted by molar-refractivity contribution is 5.85. The first-order valence-electron chi connectivity index (χ1n) is 7.90. The number of carbonyl (C=O) groups excluding carboxylic acids is 1. The van der Waals surface area contributed by atoms with Gasteiger partial charge in [-0.3, -0.25) is 9.48 Å². The number of aromatic nitrogens is 2. The number of amides is 1. The van der Waals surface area contributed by atoms with E-state index >= 15 is 0 Å². The normalized spacial score (nSPS) is 20.8. The van der Waals surface area contributed by atoms with Gasteiger partial charge in [-0.05, 0) is 30.2 Å². The van der Waals surface area contributed by atoms with Crippen molar-refractivity contribution in [2.45, 2.75) is 18.9 Å². The fourth-order valence-corrected chi connectivity index (χ4v) is 3.12. The third kappa shape index (κ3) is 4.16. The van der Waals surface area contributed by atoms with Gasteiger partial charge in [-0.25, -0.2) is 8.78 Å². The number of aryl methyl sites for hydroxylation is 1. The van der Waals surface area contributed by atoms with Crippen molar-refractivity contribution in [3.05, 3.63) is 53.4 Å². The second-order valence-electron chi connectivity index (χ2n) is 6.22. The van der Waals surface area contributed by atoms with E-state index in [1.165, 1.54) is 6.07 Å². The number of rotatable bonds is 4. The Hall–Kier alpha value is -1.99. The second-order valence-corrected chi connectivity index (χ2v) is 6.22. The molecule has 1 aromatic heterocycles. The molecule has 1 aliphatic heterocycles. The first kappa shape index (κ1) is 19.3. The molecule has 5 nitrogen and oxygen atoms in total. The van der Waals surface area contributed by atoms with Gasteiger partial charge in [0.1, 0.15) is 0 Å². The monoisotopic (exact) mass is 370 g/mol. The van der Waals surface area contributed by atoms with Crippen LogP contribution in [0.4, 0.5) is 8.78 Å². The van der Waals surface area contributed by atoms with Gasteiger partial charge >= 0.3 is 0 Å². The average Bonchev–Trinajstić information content (AvgIpc) is 3.18. The summed E-state index contributed by atoms with van der Waals surface area (Å²) in [6.07, 6.45) is 3.69. The van der Waals surface area contributed by atoms with Gasteiger partial charge in [0.2, 0.25) is 5.91 Å². The van der Waals surface area contributed by atoms with E-state index in [-0.39, 0.29) is 30.2 Å². The molecule has 0 aliphatic carbocycles. The van der Waals surface area contributed by atoms with Crippen molar-refractivity contribution >= 4 is 18.3 Å². The van der Waals surface area contributed by atoms with Gasteiger partial charge in [-0.1, -0.05) is 6.07 Å². The van der Waals surface area contributed by atoms with Crippen LogP contribution in [0.1, 0.15) is 30.0 Å². The minimum Gasteiger partial charge on any atom is -0.349 e. The lowest BCUT2D eigenvalue weighted by molar-refractivity contribution is -0.125. The number of benzene rings is 1. The number of carbonyl (C=O) groups is 1. The summed E-state index contributed by atoms with van der Waals surface area (Å²) in [4.78, 5) is 12.6. The van der Waals surface area contributed by atoms with E-state index in [9.17, 15) is 13.6 Å². The fourth-order valence-electron chi connectivity index (χ4n) is 3.12. The molecule has 2 heterocycles. The minimum atomic E-state index is -0.913. The average molecular weight is 371 g/mol. The molecule has 3 atom stereocenters. The van der Waals surface area contributed by atoms with Crippen molar-refractivity contribution < 1.29 is 13.6 Å². The van der Waals surface area contributed by atoms with Gasteiger partial charge in [0.05, 0.1) is 18.2 Å². The van der Waals surface area contributed by atoms with Crippen LogP contribution in [-0.2, 0) is 11.8 Å². The summed E-state index contributed by atoms with van der Waals surface area (Å²) in [5.41, 5.74) is 1.55. The molecule has 3 rings (SSSR count). The molecule has 2 aromatic rings. The minimum absolute atomic E-state index is 0. The Balaban J connectivity index is 0.00000225. The molecule has 1 saturated heterocycles. The molecule has 0 saturated carbocycles. The highest BCUT2D eigenvalue weighted by atomic mass is 35.5. The molecule has 2 N–H and O–H groups in total. The van der Waals surface area contributed by atoms with E-state index < -0.39 is 17.7 Å². The molecule has 0 spiro atoms. The van der Waals surface area contributed by atoms with Crippen molar-refractivity contribution in [2.24, 2.45) is 13.0 Å². The van der Waals surface area contributed by atoms with E-state index in [2.05, 4.69) is 15.7 Å². The highest BCUT2D eigenvalue weighted by Gasteiger charge is 2.35. The lowest BCUT2D eigenvalue weighted by Gasteiger charge is -2.21. The van der Waals surface area contributed by atoms with Gasteiger partial charge in [-0.2, -0.15) is 5.10 Å². The third-order valence-electron chi connectivity index (χ3n) is 4.51. The van der Waals surface area contributed by atoms with E-state index in [1.807, 2.05) is 13.2 Å². The maximum absolute atomic E-state index is 13.4. The van der Waals surface area contributed by atoms with Gasteiger partial charge in [0.25, 0.3) is 0 Å². The predicted molar refractivity (Wildman–Crippen MR) is 92.5 cm³/mol. The summed E-state index contributed by atoms with van der Waals surface area (Å²) in [5.74, 6) is -2.08. The zero-order valence-electron chi connectivity index (χ0n) is 14.0. The smallest absolute Gasteiger partial charge is 0.225 e. The predicted octanol–water partition coefficient (Wildman–Crippen LogP) is 2.30. The van der Waals surface area contributed by atoms with E-state index in [1.54, 1.807) is 17.8 Å². The van der Waals surface area contributed by atoms with E-state index in [0.29, 0.717) is 18.7 Å². The van der Waals surface area contributed by atoms with Crippen molar-refractivity contribution in [1.29, 1.82) is 0 Å². The van der Waals surface area contributed by atoms with E-state index in [0.717, 1.165) is 17.7 Å². The van der Waals surface area contributed by atoms with E-state index in [4.69, 9.17) is 0 Å². The third-order valence-corrected chi connectivity index (χ3v) is 4.51. The quantitative estimate of drug-likeness (QED) is 0.868. The van der Waals surface area contributed by atoms with Crippen LogP contribution in [0.2, 0.25) is 0 Å². The van der Waals surface area contributed by atoms with Crippen molar-refractivity contribution in [3.63, 3.8) is 0 Å². The SMILES string of the molecule is CC(NC(=O)[C@H]1CNC[C@@H]1c1cnn(C)c1)c1ccc(F)c(F)c1.Cl. The topological polar surface area (TPSA) is 59.0 Å². The molecule has 136 valence electrons. The largest absolute Gasteiger partial charge is 0.349 e. The van der Waals surface area contributed by atoms with Gasteiger partial charge in [-0.15, -0.1) is 12.4 Å². The maximum Gasteiger partial charge on any atom is 0.225 e. The maximum atomic E-state index is 13.4. The second kappa shape index (κ2) is 7.93. The van der Waals surface area contributed by atoms with Crippen molar-refractivity contribution in [1.82, 2.24) is 20.4 Å². The molecule has 1 aliphatic rings. The summed E-state index contributed by atoms with van der Waals surface area (Å²) in [6.45, 7) is 3.05. The molecule has 1 aromatic carbocycles. The first-order chi connectivity index (χ1) is 11.5. The highest BCUT2D eigenvalue weighted by Crippen LogP contribution is 2.28. The Morgan fingerprint density at radius 2 is 2.12 bits per heavy atom. The van der Waals surface area contributed by atoms with Crippen molar-refractivity contribution in [3.8, 4) is 0 Å².